The molecule has 0 heterocycles. The van der Waals surface area contributed by atoms with Gasteiger partial charge >= 0.3 is 0 Å². The summed E-state index contributed by atoms with van der Waals surface area (Å²) in [6.45, 7) is 6.50. The molecule has 22 heavy (non-hydrogen) atoms. The van der Waals surface area contributed by atoms with Gasteiger partial charge in [-0.1, -0.05) is 37.6 Å². The smallest absolute Gasteiger partial charge is 0.230 e. The van der Waals surface area contributed by atoms with Crippen molar-refractivity contribution in [1.82, 2.24) is 5.32 Å². The van der Waals surface area contributed by atoms with Crippen LogP contribution in [0.3, 0.4) is 0 Å². The lowest BCUT2D eigenvalue weighted by molar-refractivity contribution is -0.126. The summed E-state index contributed by atoms with van der Waals surface area (Å²) in [4.78, 5) is 12.7. The molecule has 3 heteroatoms. The summed E-state index contributed by atoms with van der Waals surface area (Å²) in [7, 11) is 0. The molecule has 0 saturated heterocycles. The maximum atomic E-state index is 12.7. The van der Waals surface area contributed by atoms with Crippen LogP contribution in [0, 0.1) is 0 Å². The number of unbranched alkanes of at least 4 members (excludes halogenated alkanes) is 1. The first-order valence-electron chi connectivity index (χ1n) is 8.63. The Morgan fingerprint density at radius 1 is 1.27 bits per heavy atom. The molecule has 0 spiro atoms. The Morgan fingerprint density at radius 2 is 2.05 bits per heavy atom. The van der Waals surface area contributed by atoms with Crippen molar-refractivity contribution in [2.24, 2.45) is 0 Å². The molecular formula is C19H29NO2. The number of benzene rings is 1. The number of carbonyl (C=O) groups excluding carboxylic acids is 1. The number of rotatable bonds is 8. The Morgan fingerprint density at radius 3 is 2.86 bits per heavy atom. The van der Waals surface area contributed by atoms with Crippen molar-refractivity contribution in [3.8, 4) is 0 Å². The highest BCUT2D eigenvalue weighted by molar-refractivity contribution is 5.88. The summed E-state index contributed by atoms with van der Waals surface area (Å²) >= 11 is 0. The molecule has 1 aromatic carbocycles. The first-order chi connectivity index (χ1) is 10.7. The lowest BCUT2D eigenvalue weighted by Gasteiger charge is -2.34. The molecule has 1 aromatic rings. The van der Waals surface area contributed by atoms with Gasteiger partial charge in [0.25, 0.3) is 0 Å². The van der Waals surface area contributed by atoms with E-state index in [2.05, 4.69) is 37.4 Å². The fraction of sp³-hybridized carbons (Fsp3) is 0.632. The number of hydrogen-bond donors (Lipinski definition) is 1. The van der Waals surface area contributed by atoms with Crippen LogP contribution >= 0.6 is 0 Å². The van der Waals surface area contributed by atoms with Crippen molar-refractivity contribution in [1.29, 1.82) is 0 Å². The van der Waals surface area contributed by atoms with Crippen molar-refractivity contribution in [2.45, 2.75) is 57.8 Å². The maximum Gasteiger partial charge on any atom is 0.230 e. The number of fused-ring (bicyclic) bond motifs is 1. The van der Waals surface area contributed by atoms with Crippen LogP contribution in [0.5, 0.6) is 0 Å². The average molecular weight is 303 g/mol. The summed E-state index contributed by atoms with van der Waals surface area (Å²) in [6.07, 6.45) is 6.26. The molecule has 0 aliphatic heterocycles. The van der Waals surface area contributed by atoms with Crippen molar-refractivity contribution in [3.05, 3.63) is 35.4 Å². The zero-order valence-electron chi connectivity index (χ0n) is 14.0. The van der Waals surface area contributed by atoms with E-state index in [-0.39, 0.29) is 11.3 Å². The van der Waals surface area contributed by atoms with E-state index in [1.807, 2.05) is 6.07 Å². The third kappa shape index (κ3) is 4.10. The van der Waals surface area contributed by atoms with Crippen LogP contribution in [-0.2, 0) is 21.4 Å². The molecule has 0 bridgehead atoms. The Labute approximate surface area is 134 Å². The molecule has 0 aromatic heterocycles. The van der Waals surface area contributed by atoms with E-state index in [1.165, 1.54) is 11.1 Å². The van der Waals surface area contributed by atoms with Gasteiger partial charge in [0.1, 0.15) is 0 Å². The molecule has 0 radical (unpaired) electrons. The average Bonchev–Trinajstić information content (AvgIpc) is 2.54. The van der Waals surface area contributed by atoms with Crippen LogP contribution < -0.4 is 5.32 Å². The SMILES string of the molecule is CCCCOCCCNC(=O)[C@]1(C)CCCc2ccccc21. The molecule has 0 saturated carbocycles. The quantitative estimate of drug-likeness (QED) is 0.745. The highest BCUT2D eigenvalue weighted by Crippen LogP contribution is 2.37. The monoisotopic (exact) mass is 303 g/mol. The van der Waals surface area contributed by atoms with Gasteiger partial charge in [0.15, 0.2) is 0 Å². The van der Waals surface area contributed by atoms with Crippen LogP contribution in [0.25, 0.3) is 0 Å². The van der Waals surface area contributed by atoms with E-state index in [9.17, 15) is 4.79 Å². The standard InChI is InChI=1S/C19H29NO2/c1-3-4-14-22-15-8-13-20-18(21)19(2)12-7-10-16-9-5-6-11-17(16)19/h5-6,9,11H,3-4,7-8,10,12-15H2,1-2H3,(H,20,21)/t19-/m1/s1. The third-order valence-electron chi connectivity index (χ3n) is 4.63. The Hall–Kier alpha value is -1.35. The minimum absolute atomic E-state index is 0.160. The normalized spacial score (nSPS) is 20.5. The molecule has 1 aliphatic rings. The van der Waals surface area contributed by atoms with Crippen molar-refractivity contribution < 1.29 is 9.53 Å². The Bertz CT molecular complexity index is 486. The van der Waals surface area contributed by atoms with Crippen molar-refractivity contribution in [2.75, 3.05) is 19.8 Å². The fourth-order valence-corrected chi connectivity index (χ4v) is 3.20. The first-order valence-corrected chi connectivity index (χ1v) is 8.63. The van der Waals surface area contributed by atoms with Crippen molar-refractivity contribution >= 4 is 5.91 Å². The number of carbonyl (C=O) groups is 1. The first kappa shape index (κ1) is 17.0. The van der Waals surface area contributed by atoms with Crippen LogP contribution in [0.4, 0.5) is 0 Å². The zero-order valence-corrected chi connectivity index (χ0v) is 14.0. The molecule has 3 nitrogen and oxygen atoms in total. The summed E-state index contributed by atoms with van der Waals surface area (Å²) in [6, 6.07) is 8.37. The van der Waals surface area contributed by atoms with Gasteiger partial charge in [-0.3, -0.25) is 4.79 Å². The number of amides is 1. The molecule has 2 rings (SSSR count). The minimum Gasteiger partial charge on any atom is -0.381 e. The highest BCUT2D eigenvalue weighted by Gasteiger charge is 2.38. The zero-order chi connectivity index (χ0) is 15.8. The van der Waals surface area contributed by atoms with E-state index in [0.29, 0.717) is 6.54 Å². The topological polar surface area (TPSA) is 38.3 Å². The predicted molar refractivity (Wildman–Crippen MR) is 90.1 cm³/mol. The number of ether oxygens (including phenoxy) is 1. The van der Waals surface area contributed by atoms with Gasteiger partial charge in [-0.15, -0.1) is 0 Å². The largest absolute Gasteiger partial charge is 0.381 e. The minimum atomic E-state index is -0.377. The van der Waals surface area contributed by atoms with E-state index in [4.69, 9.17) is 4.74 Å². The summed E-state index contributed by atoms with van der Waals surface area (Å²) < 4.78 is 5.53. The van der Waals surface area contributed by atoms with Gasteiger partial charge in [-0.05, 0) is 50.2 Å². The molecule has 1 aliphatic carbocycles. The lowest BCUT2D eigenvalue weighted by atomic mass is 9.70. The summed E-state index contributed by atoms with van der Waals surface area (Å²) in [5, 5.41) is 3.11. The molecular weight excluding hydrogens is 274 g/mol. The molecule has 1 N–H and O–H groups in total. The van der Waals surface area contributed by atoms with Crippen LogP contribution in [0.1, 0.15) is 57.1 Å². The summed E-state index contributed by atoms with van der Waals surface area (Å²) in [5.74, 6) is 0.160. The summed E-state index contributed by atoms with van der Waals surface area (Å²) in [5.41, 5.74) is 2.16. The predicted octanol–water partition coefficient (Wildman–Crippen LogP) is 3.60. The molecule has 0 fully saturated rings. The highest BCUT2D eigenvalue weighted by atomic mass is 16.5. The third-order valence-corrected chi connectivity index (χ3v) is 4.63. The number of aryl methyl sites for hydroxylation is 1. The number of nitrogens with one attached hydrogen (secondary N) is 1. The number of hydrogen-bond acceptors (Lipinski definition) is 2. The Kier molecular flexibility index (Phi) is 6.44. The Balaban J connectivity index is 1.82. The van der Waals surface area contributed by atoms with Crippen molar-refractivity contribution in [3.63, 3.8) is 0 Å². The van der Waals surface area contributed by atoms with E-state index < -0.39 is 0 Å². The van der Waals surface area contributed by atoms with Gasteiger partial charge in [0.2, 0.25) is 5.91 Å². The van der Waals surface area contributed by atoms with E-state index in [0.717, 1.165) is 51.7 Å². The van der Waals surface area contributed by atoms with Gasteiger partial charge < -0.3 is 10.1 Å². The molecule has 0 unspecified atom stereocenters. The van der Waals surface area contributed by atoms with Gasteiger partial charge in [-0.2, -0.15) is 0 Å². The van der Waals surface area contributed by atoms with Crippen LogP contribution in [-0.4, -0.2) is 25.7 Å². The second-order valence-corrected chi connectivity index (χ2v) is 6.42. The second kappa shape index (κ2) is 8.33. The van der Waals surface area contributed by atoms with E-state index >= 15 is 0 Å². The maximum absolute atomic E-state index is 12.7. The lowest BCUT2D eigenvalue weighted by Crippen LogP contribution is -2.44. The molecule has 1 amide bonds. The second-order valence-electron chi connectivity index (χ2n) is 6.42. The van der Waals surface area contributed by atoms with Gasteiger partial charge in [0.05, 0.1) is 5.41 Å². The van der Waals surface area contributed by atoms with E-state index in [1.54, 1.807) is 0 Å². The fourth-order valence-electron chi connectivity index (χ4n) is 3.20. The van der Waals surface area contributed by atoms with Gasteiger partial charge in [-0.25, -0.2) is 0 Å². The molecule has 122 valence electrons. The molecule has 1 atom stereocenters. The van der Waals surface area contributed by atoms with Gasteiger partial charge in [0, 0.05) is 19.8 Å². The van der Waals surface area contributed by atoms with Crippen LogP contribution in [0.2, 0.25) is 0 Å². The van der Waals surface area contributed by atoms with Crippen LogP contribution in [0.15, 0.2) is 24.3 Å².